The first-order valence-corrected chi connectivity index (χ1v) is 8.34. The average molecular weight is 344 g/mol. The molecule has 5 nitrogen and oxygen atoms in total. The Morgan fingerprint density at radius 1 is 1.32 bits per heavy atom. The zero-order chi connectivity index (χ0) is 18.7. The lowest BCUT2D eigenvalue weighted by atomic mass is 9.84. The van der Waals surface area contributed by atoms with Crippen molar-refractivity contribution in [2.24, 2.45) is 5.92 Å². The lowest BCUT2D eigenvalue weighted by Crippen LogP contribution is -2.34. The molecular weight excluding hydrogens is 320 g/mol. The van der Waals surface area contributed by atoms with E-state index in [4.69, 9.17) is 9.47 Å². The van der Waals surface area contributed by atoms with Crippen LogP contribution in [-0.2, 0) is 23.9 Å². The maximum absolute atomic E-state index is 12.1. The predicted molar refractivity (Wildman–Crippen MR) is 93.6 cm³/mol. The summed E-state index contributed by atoms with van der Waals surface area (Å²) in [6, 6.07) is 0. The summed E-state index contributed by atoms with van der Waals surface area (Å²) in [6.07, 6.45) is 4.18. The minimum Gasteiger partial charge on any atom is -0.458 e. The van der Waals surface area contributed by atoms with Crippen molar-refractivity contribution in [2.45, 2.75) is 52.2 Å². The maximum atomic E-state index is 12.1. The normalized spacial score (nSPS) is 30.9. The van der Waals surface area contributed by atoms with Crippen LogP contribution in [0.15, 0.2) is 47.6 Å². The molecule has 134 valence electrons. The van der Waals surface area contributed by atoms with Crippen LogP contribution in [0.2, 0.25) is 0 Å². The Kier molecular flexibility index (Phi) is 5.77. The molecule has 1 fully saturated rings. The molecule has 0 amide bonds. The van der Waals surface area contributed by atoms with Gasteiger partial charge in [-0.2, -0.15) is 0 Å². The standard InChI is InChI=1S/C20H24O5/c1-11(2)19(22)24-17-10-15(14(5)21)8-6-7-12(3)9-16-18(17)13(4)20(23)25-16/h8-9,16-18H,1,4,6-7,10H2,2-3,5H3/b12-9-,15-8+/t16-,17?,18+/m1/s1. The summed E-state index contributed by atoms with van der Waals surface area (Å²) in [5.41, 5.74) is 2.14. The topological polar surface area (TPSA) is 69.7 Å². The third-order valence-corrected chi connectivity index (χ3v) is 4.52. The summed E-state index contributed by atoms with van der Waals surface area (Å²) in [6.45, 7) is 12.4. The van der Waals surface area contributed by atoms with Crippen LogP contribution in [0, 0.1) is 5.92 Å². The van der Waals surface area contributed by atoms with E-state index in [2.05, 4.69) is 13.2 Å². The summed E-state index contributed by atoms with van der Waals surface area (Å²) in [5.74, 6) is -1.66. The van der Waals surface area contributed by atoms with Crippen LogP contribution in [0.4, 0.5) is 0 Å². The molecule has 3 atom stereocenters. The SMILES string of the molecule is C=C(C)C(=O)OC1C/C(C(C)=O)=C\CC/C(C)=C\[C@H]2OC(=O)C(=C)[C@H]12. The highest BCUT2D eigenvalue weighted by Gasteiger charge is 2.44. The van der Waals surface area contributed by atoms with E-state index in [0.29, 0.717) is 12.0 Å². The minimum atomic E-state index is -0.717. The first-order valence-electron chi connectivity index (χ1n) is 8.34. The Bertz CT molecular complexity index is 695. The van der Waals surface area contributed by atoms with Gasteiger partial charge >= 0.3 is 11.9 Å². The van der Waals surface area contributed by atoms with Crippen molar-refractivity contribution in [2.75, 3.05) is 0 Å². The molecule has 1 unspecified atom stereocenters. The molecule has 0 aromatic heterocycles. The number of allylic oxidation sites excluding steroid dienone is 2. The van der Waals surface area contributed by atoms with Gasteiger partial charge in [0.2, 0.25) is 0 Å². The fourth-order valence-corrected chi connectivity index (χ4v) is 3.09. The molecule has 0 radical (unpaired) electrons. The first kappa shape index (κ1) is 18.9. The van der Waals surface area contributed by atoms with Crippen LogP contribution in [0.5, 0.6) is 0 Å². The molecule has 0 aromatic carbocycles. The quantitative estimate of drug-likeness (QED) is 0.447. The van der Waals surface area contributed by atoms with Crippen LogP contribution in [-0.4, -0.2) is 29.9 Å². The molecule has 1 aliphatic heterocycles. The summed E-state index contributed by atoms with van der Waals surface area (Å²) in [7, 11) is 0. The van der Waals surface area contributed by atoms with Crippen molar-refractivity contribution >= 4 is 17.7 Å². The van der Waals surface area contributed by atoms with Gasteiger partial charge in [-0.25, -0.2) is 9.59 Å². The number of rotatable bonds is 3. The second-order valence-electron chi connectivity index (χ2n) is 6.69. The highest BCUT2D eigenvalue weighted by molar-refractivity contribution is 5.94. The number of hydrogen-bond donors (Lipinski definition) is 0. The second-order valence-corrected chi connectivity index (χ2v) is 6.69. The maximum Gasteiger partial charge on any atom is 0.334 e. The Morgan fingerprint density at radius 3 is 2.60 bits per heavy atom. The van der Waals surface area contributed by atoms with Crippen LogP contribution < -0.4 is 0 Å². The molecule has 1 saturated heterocycles. The van der Waals surface area contributed by atoms with Gasteiger partial charge in [-0.3, -0.25) is 4.79 Å². The number of hydrogen-bond acceptors (Lipinski definition) is 5. The summed E-state index contributed by atoms with van der Waals surface area (Å²) in [4.78, 5) is 36.1. The van der Waals surface area contributed by atoms with Crippen molar-refractivity contribution < 1.29 is 23.9 Å². The van der Waals surface area contributed by atoms with Crippen LogP contribution in [0.25, 0.3) is 0 Å². The van der Waals surface area contributed by atoms with Gasteiger partial charge in [-0.1, -0.05) is 24.8 Å². The van der Waals surface area contributed by atoms with E-state index in [1.807, 2.05) is 19.1 Å². The summed E-state index contributed by atoms with van der Waals surface area (Å²) in [5, 5.41) is 0. The van der Waals surface area contributed by atoms with Gasteiger partial charge < -0.3 is 9.47 Å². The number of carbonyl (C=O) groups is 3. The van der Waals surface area contributed by atoms with Crippen molar-refractivity contribution in [3.63, 3.8) is 0 Å². The molecule has 0 bridgehead atoms. The van der Waals surface area contributed by atoms with Crippen molar-refractivity contribution in [3.8, 4) is 0 Å². The van der Waals surface area contributed by atoms with Gasteiger partial charge in [-0.05, 0) is 45.3 Å². The molecule has 0 spiro atoms. The highest BCUT2D eigenvalue weighted by atomic mass is 16.6. The van der Waals surface area contributed by atoms with E-state index in [0.717, 1.165) is 12.0 Å². The molecule has 0 saturated carbocycles. The molecule has 0 aromatic rings. The van der Waals surface area contributed by atoms with Gasteiger partial charge in [0.25, 0.3) is 0 Å². The Morgan fingerprint density at radius 2 is 2.00 bits per heavy atom. The number of ether oxygens (including phenoxy) is 2. The molecule has 2 rings (SSSR count). The number of carbonyl (C=O) groups excluding carboxylic acids is 3. The van der Waals surface area contributed by atoms with Gasteiger partial charge in [0.05, 0.1) is 5.92 Å². The number of esters is 2. The van der Waals surface area contributed by atoms with Crippen molar-refractivity contribution in [1.82, 2.24) is 0 Å². The molecule has 1 aliphatic carbocycles. The molecule has 0 N–H and O–H groups in total. The van der Waals surface area contributed by atoms with Gasteiger partial charge in [0, 0.05) is 17.6 Å². The van der Waals surface area contributed by atoms with Gasteiger partial charge in [0.15, 0.2) is 5.78 Å². The van der Waals surface area contributed by atoms with E-state index in [1.165, 1.54) is 6.92 Å². The average Bonchev–Trinajstić information content (AvgIpc) is 2.79. The predicted octanol–water partition coefficient (Wildman–Crippen LogP) is 3.22. The van der Waals surface area contributed by atoms with Gasteiger partial charge in [0.1, 0.15) is 12.2 Å². The van der Waals surface area contributed by atoms with E-state index >= 15 is 0 Å². The Hall–Kier alpha value is -2.43. The third kappa shape index (κ3) is 4.35. The highest BCUT2D eigenvalue weighted by Crippen LogP contribution is 2.36. The van der Waals surface area contributed by atoms with Crippen molar-refractivity contribution in [3.05, 3.63) is 47.6 Å². The van der Waals surface area contributed by atoms with Crippen LogP contribution >= 0.6 is 0 Å². The first-order chi connectivity index (χ1) is 11.7. The van der Waals surface area contributed by atoms with E-state index < -0.39 is 30.1 Å². The van der Waals surface area contributed by atoms with Crippen LogP contribution in [0.1, 0.15) is 40.0 Å². The van der Waals surface area contributed by atoms with E-state index in [1.54, 1.807) is 6.92 Å². The van der Waals surface area contributed by atoms with Crippen LogP contribution in [0.3, 0.4) is 0 Å². The number of ketones is 1. The molecule has 25 heavy (non-hydrogen) atoms. The lowest BCUT2D eigenvalue weighted by Gasteiger charge is -2.27. The molecule has 2 aliphatic rings. The fraction of sp³-hybridized carbons (Fsp3) is 0.450. The Balaban J connectivity index is 2.46. The number of fused-ring (bicyclic) bond motifs is 1. The fourth-order valence-electron chi connectivity index (χ4n) is 3.09. The van der Waals surface area contributed by atoms with E-state index in [9.17, 15) is 14.4 Å². The van der Waals surface area contributed by atoms with E-state index in [-0.39, 0.29) is 23.4 Å². The second kappa shape index (κ2) is 7.64. The largest absolute Gasteiger partial charge is 0.458 e. The number of Topliss-reactive ketones (excluding diaryl/α,β-unsaturated/α-hetero) is 1. The molecule has 1 heterocycles. The van der Waals surface area contributed by atoms with Crippen molar-refractivity contribution in [1.29, 1.82) is 0 Å². The lowest BCUT2D eigenvalue weighted by molar-refractivity contribution is -0.147. The van der Waals surface area contributed by atoms with Gasteiger partial charge in [-0.15, -0.1) is 0 Å². The molecular formula is C20H24O5. The summed E-state index contributed by atoms with van der Waals surface area (Å²) >= 11 is 0. The Labute approximate surface area is 148 Å². The molecule has 5 heteroatoms. The third-order valence-electron chi connectivity index (χ3n) is 4.52. The summed E-state index contributed by atoms with van der Waals surface area (Å²) < 4.78 is 11.0. The zero-order valence-corrected chi connectivity index (χ0v) is 15.0. The zero-order valence-electron chi connectivity index (χ0n) is 15.0. The monoisotopic (exact) mass is 344 g/mol. The minimum absolute atomic E-state index is 0.0778. The smallest absolute Gasteiger partial charge is 0.334 e.